The largest absolute Gasteiger partial charge is 0.495 e. The van der Waals surface area contributed by atoms with Gasteiger partial charge >= 0.3 is 0 Å². The van der Waals surface area contributed by atoms with Crippen molar-refractivity contribution < 1.29 is 23.9 Å². The average Bonchev–Trinajstić information content (AvgIpc) is 2.77. The van der Waals surface area contributed by atoms with Gasteiger partial charge in [-0.05, 0) is 47.9 Å². The van der Waals surface area contributed by atoms with Crippen LogP contribution >= 0.6 is 0 Å². The van der Waals surface area contributed by atoms with Crippen LogP contribution in [0.25, 0.3) is 0 Å². The summed E-state index contributed by atoms with van der Waals surface area (Å²) in [6.07, 6.45) is 1.16. The van der Waals surface area contributed by atoms with Gasteiger partial charge in [0, 0.05) is 6.54 Å². The molecule has 0 heterocycles. The van der Waals surface area contributed by atoms with Gasteiger partial charge in [-0.25, -0.2) is 5.43 Å². The molecule has 0 saturated heterocycles. The number of benzene rings is 2. The van der Waals surface area contributed by atoms with Crippen molar-refractivity contribution in [2.24, 2.45) is 11.0 Å². The highest BCUT2D eigenvalue weighted by molar-refractivity contribution is 5.97. The molecule has 0 saturated carbocycles. The van der Waals surface area contributed by atoms with Gasteiger partial charge in [0.1, 0.15) is 17.9 Å². The van der Waals surface area contributed by atoms with Gasteiger partial charge in [-0.3, -0.25) is 14.4 Å². The lowest BCUT2D eigenvalue weighted by Crippen LogP contribution is -2.32. The van der Waals surface area contributed by atoms with Crippen molar-refractivity contribution in [1.82, 2.24) is 10.7 Å². The third-order valence-corrected chi connectivity index (χ3v) is 4.06. The summed E-state index contributed by atoms with van der Waals surface area (Å²) in [5, 5.41) is 9.23. The van der Waals surface area contributed by atoms with E-state index in [9.17, 15) is 14.4 Å². The zero-order valence-corrected chi connectivity index (χ0v) is 18.4. The number of nitrogens with zero attached hydrogens (tertiary/aromatic N) is 1. The number of anilines is 1. The second-order valence-corrected chi connectivity index (χ2v) is 7.27. The van der Waals surface area contributed by atoms with Crippen LogP contribution in [0.1, 0.15) is 25.8 Å². The Morgan fingerprint density at radius 2 is 1.72 bits per heavy atom. The Balaban J connectivity index is 1.75. The Labute approximate surface area is 187 Å². The topological polar surface area (TPSA) is 118 Å². The zero-order chi connectivity index (χ0) is 23.3. The average molecular weight is 441 g/mol. The third-order valence-electron chi connectivity index (χ3n) is 4.06. The van der Waals surface area contributed by atoms with Crippen LogP contribution in [0.5, 0.6) is 11.5 Å². The van der Waals surface area contributed by atoms with Crippen LogP contribution in [0, 0.1) is 5.92 Å². The van der Waals surface area contributed by atoms with Gasteiger partial charge in [0.15, 0.2) is 6.61 Å². The van der Waals surface area contributed by atoms with Crippen molar-refractivity contribution in [1.29, 1.82) is 0 Å². The Morgan fingerprint density at radius 3 is 2.41 bits per heavy atom. The smallest absolute Gasteiger partial charge is 0.262 e. The number of para-hydroxylation sites is 2. The summed E-state index contributed by atoms with van der Waals surface area (Å²) in [4.78, 5) is 35.4. The van der Waals surface area contributed by atoms with Crippen LogP contribution in [0.3, 0.4) is 0 Å². The summed E-state index contributed by atoms with van der Waals surface area (Å²) in [5.74, 6) is 0.219. The molecule has 0 spiro atoms. The van der Waals surface area contributed by atoms with Crippen LogP contribution in [0.15, 0.2) is 53.6 Å². The zero-order valence-electron chi connectivity index (χ0n) is 18.4. The second kappa shape index (κ2) is 12.7. The number of methoxy groups -OCH3 is 1. The van der Waals surface area contributed by atoms with E-state index in [-0.39, 0.29) is 24.8 Å². The fourth-order valence-corrected chi connectivity index (χ4v) is 2.48. The molecule has 0 fully saturated rings. The summed E-state index contributed by atoms with van der Waals surface area (Å²) in [6.45, 7) is 4.29. The minimum atomic E-state index is -0.497. The first-order valence-corrected chi connectivity index (χ1v) is 10.1. The van der Waals surface area contributed by atoms with Crippen molar-refractivity contribution in [3.05, 3.63) is 54.1 Å². The van der Waals surface area contributed by atoms with Gasteiger partial charge in [-0.1, -0.05) is 26.0 Å². The Morgan fingerprint density at radius 1 is 1.00 bits per heavy atom. The molecule has 3 N–H and O–H groups in total. The Bertz CT molecular complexity index is 942. The van der Waals surface area contributed by atoms with E-state index in [0.29, 0.717) is 35.2 Å². The van der Waals surface area contributed by atoms with Gasteiger partial charge in [-0.15, -0.1) is 0 Å². The molecule has 0 bridgehead atoms. The lowest BCUT2D eigenvalue weighted by Gasteiger charge is -2.10. The third kappa shape index (κ3) is 8.86. The minimum Gasteiger partial charge on any atom is -0.495 e. The monoisotopic (exact) mass is 440 g/mol. The predicted molar refractivity (Wildman–Crippen MR) is 122 cm³/mol. The van der Waals surface area contributed by atoms with Crippen molar-refractivity contribution in [3.63, 3.8) is 0 Å². The van der Waals surface area contributed by atoms with Gasteiger partial charge in [-0.2, -0.15) is 5.10 Å². The van der Waals surface area contributed by atoms with Crippen LogP contribution in [0.4, 0.5) is 5.69 Å². The molecule has 3 amide bonds. The number of carbonyl (C=O) groups excluding carboxylic acids is 3. The first-order chi connectivity index (χ1) is 15.4. The molecule has 0 aliphatic carbocycles. The first-order valence-electron chi connectivity index (χ1n) is 10.1. The van der Waals surface area contributed by atoms with Crippen LogP contribution in [-0.2, 0) is 14.4 Å². The molecule has 2 aromatic carbocycles. The van der Waals surface area contributed by atoms with Crippen molar-refractivity contribution in [2.75, 3.05) is 25.6 Å². The van der Waals surface area contributed by atoms with Gasteiger partial charge in [0.05, 0.1) is 19.0 Å². The molecule has 2 rings (SSSR count). The fourth-order valence-electron chi connectivity index (χ4n) is 2.48. The minimum absolute atomic E-state index is 0.166. The van der Waals surface area contributed by atoms with E-state index >= 15 is 0 Å². The standard InChI is InChI=1S/C23H28N4O5/c1-16(2)13-24-21(28)12-22(29)27-25-14-17-8-10-18(11-9-17)32-15-23(30)26-19-6-4-5-7-20(19)31-3/h4-11,14,16H,12-13,15H2,1-3H3,(H,24,28)(H,26,30)(H,27,29)/b25-14+. The van der Waals surface area contributed by atoms with E-state index in [1.165, 1.54) is 13.3 Å². The van der Waals surface area contributed by atoms with Crippen molar-refractivity contribution in [3.8, 4) is 11.5 Å². The molecule has 0 radical (unpaired) electrons. The summed E-state index contributed by atoms with van der Waals surface area (Å²) in [7, 11) is 1.53. The SMILES string of the molecule is COc1ccccc1NC(=O)COc1ccc(/C=N/NC(=O)CC(=O)NCC(C)C)cc1. The molecule has 0 atom stereocenters. The molecule has 0 aliphatic rings. The van der Waals surface area contributed by atoms with Crippen LogP contribution in [-0.4, -0.2) is 44.2 Å². The molecule has 9 nitrogen and oxygen atoms in total. The number of hydrogen-bond acceptors (Lipinski definition) is 6. The summed E-state index contributed by atoms with van der Waals surface area (Å²) in [5.41, 5.74) is 3.59. The molecule has 2 aromatic rings. The number of hydrazone groups is 1. The molecule has 0 unspecified atom stereocenters. The number of ether oxygens (including phenoxy) is 2. The highest BCUT2D eigenvalue weighted by Gasteiger charge is 2.09. The molecule has 32 heavy (non-hydrogen) atoms. The van der Waals surface area contributed by atoms with Crippen molar-refractivity contribution >= 4 is 29.6 Å². The summed E-state index contributed by atoms with van der Waals surface area (Å²) in [6, 6.07) is 13.9. The molecule has 0 aliphatic heterocycles. The van der Waals surface area contributed by atoms with E-state index < -0.39 is 5.91 Å². The number of nitrogens with one attached hydrogen (secondary N) is 3. The number of hydrogen-bond donors (Lipinski definition) is 3. The highest BCUT2D eigenvalue weighted by atomic mass is 16.5. The first kappa shape index (κ1) is 24.4. The summed E-state index contributed by atoms with van der Waals surface area (Å²) >= 11 is 0. The highest BCUT2D eigenvalue weighted by Crippen LogP contribution is 2.22. The summed E-state index contributed by atoms with van der Waals surface area (Å²) < 4.78 is 10.7. The van der Waals surface area contributed by atoms with Crippen LogP contribution in [0.2, 0.25) is 0 Å². The Hall–Kier alpha value is -3.88. The molecule has 9 heteroatoms. The lowest BCUT2D eigenvalue weighted by molar-refractivity contribution is -0.129. The maximum absolute atomic E-state index is 12.1. The van der Waals surface area contributed by atoms with Crippen molar-refractivity contribution in [2.45, 2.75) is 20.3 Å². The molecular formula is C23H28N4O5. The van der Waals surface area contributed by atoms with Crippen LogP contribution < -0.4 is 25.5 Å². The molecular weight excluding hydrogens is 412 g/mol. The second-order valence-electron chi connectivity index (χ2n) is 7.27. The predicted octanol–water partition coefficient (Wildman–Crippen LogP) is 2.33. The maximum atomic E-state index is 12.1. The fraction of sp³-hybridized carbons (Fsp3) is 0.304. The van der Waals surface area contributed by atoms with E-state index in [0.717, 1.165) is 0 Å². The number of amides is 3. The quantitative estimate of drug-likeness (QED) is 0.282. The molecule has 170 valence electrons. The van der Waals surface area contributed by atoms with E-state index in [2.05, 4.69) is 21.2 Å². The van der Waals surface area contributed by atoms with Gasteiger partial charge in [0.2, 0.25) is 11.8 Å². The maximum Gasteiger partial charge on any atom is 0.262 e. The normalized spacial score (nSPS) is 10.6. The van der Waals surface area contributed by atoms with Gasteiger partial charge < -0.3 is 20.1 Å². The van der Waals surface area contributed by atoms with E-state index in [4.69, 9.17) is 9.47 Å². The Kier molecular flexibility index (Phi) is 9.70. The van der Waals surface area contributed by atoms with Gasteiger partial charge in [0.25, 0.3) is 5.91 Å². The van der Waals surface area contributed by atoms with E-state index in [1.807, 2.05) is 19.9 Å². The van der Waals surface area contributed by atoms with E-state index in [1.54, 1.807) is 42.5 Å². The lowest BCUT2D eigenvalue weighted by atomic mass is 10.2. The number of carbonyl (C=O) groups is 3. The number of rotatable bonds is 11. The molecule has 0 aromatic heterocycles.